The van der Waals surface area contributed by atoms with Crippen LogP contribution >= 0.6 is 0 Å². The van der Waals surface area contributed by atoms with Gasteiger partial charge in [-0.05, 0) is 37.8 Å². The van der Waals surface area contributed by atoms with Gasteiger partial charge in [0.25, 0.3) is 0 Å². The van der Waals surface area contributed by atoms with E-state index in [0.29, 0.717) is 35.7 Å². The van der Waals surface area contributed by atoms with Gasteiger partial charge in [-0.25, -0.2) is 9.78 Å². The molecule has 0 saturated carbocycles. The Bertz CT molecular complexity index is 931. The first-order chi connectivity index (χ1) is 13.8. The third-order valence-electron chi connectivity index (χ3n) is 4.82. The van der Waals surface area contributed by atoms with E-state index in [1.54, 1.807) is 19.9 Å². The van der Waals surface area contributed by atoms with Crippen molar-refractivity contribution in [3.8, 4) is 17.3 Å². The summed E-state index contributed by atoms with van der Waals surface area (Å²) >= 11 is 0. The van der Waals surface area contributed by atoms with Crippen LogP contribution in [0.1, 0.15) is 45.4 Å². The standard InChI is InChI=1S/C20H24N4O5/c1-20(2,19(27)22-14-7-5-4-6-13(14)18(26)28-3)10-16-23-17(24-29-16)15-9-8-12(25)11-21-15/h8-9,11,25H,4-7,10H2,1-3H3,(H,22,27). The molecule has 2 aromatic heterocycles. The summed E-state index contributed by atoms with van der Waals surface area (Å²) in [6.45, 7) is 3.54. The minimum atomic E-state index is -0.849. The van der Waals surface area contributed by atoms with Crippen molar-refractivity contribution in [2.24, 2.45) is 5.41 Å². The Kier molecular flexibility index (Phi) is 5.95. The SMILES string of the molecule is COC(=O)C1=C(NC(=O)C(C)(C)Cc2nc(-c3ccc(O)cn3)no2)CCCC1. The summed E-state index contributed by atoms with van der Waals surface area (Å²) in [7, 11) is 1.34. The molecule has 0 radical (unpaired) electrons. The number of pyridine rings is 1. The molecule has 9 nitrogen and oxygen atoms in total. The second-order valence-corrected chi connectivity index (χ2v) is 7.58. The highest BCUT2D eigenvalue weighted by Gasteiger charge is 2.32. The van der Waals surface area contributed by atoms with Gasteiger partial charge in [0.05, 0.1) is 24.3 Å². The van der Waals surface area contributed by atoms with Crippen LogP contribution < -0.4 is 5.32 Å². The minimum Gasteiger partial charge on any atom is -0.506 e. The number of allylic oxidation sites excluding steroid dienone is 1. The van der Waals surface area contributed by atoms with E-state index in [9.17, 15) is 14.7 Å². The summed E-state index contributed by atoms with van der Waals surface area (Å²) in [6, 6.07) is 3.05. The molecule has 1 aliphatic rings. The van der Waals surface area contributed by atoms with Crippen LogP contribution in [0.4, 0.5) is 0 Å². The van der Waals surface area contributed by atoms with E-state index in [1.807, 2.05) is 0 Å². The largest absolute Gasteiger partial charge is 0.506 e. The monoisotopic (exact) mass is 400 g/mol. The Morgan fingerprint density at radius 1 is 1.28 bits per heavy atom. The Balaban J connectivity index is 1.72. The van der Waals surface area contributed by atoms with E-state index in [0.717, 1.165) is 12.8 Å². The highest BCUT2D eigenvalue weighted by molar-refractivity contribution is 5.91. The van der Waals surface area contributed by atoms with Crippen LogP contribution in [0.25, 0.3) is 11.5 Å². The number of amides is 1. The number of carbonyl (C=O) groups is 2. The molecule has 0 unspecified atom stereocenters. The van der Waals surface area contributed by atoms with Crippen LogP contribution in [-0.4, -0.2) is 39.2 Å². The summed E-state index contributed by atoms with van der Waals surface area (Å²) < 4.78 is 10.1. The lowest BCUT2D eigenvalue weighted by Crippen LogP contribution is -2.39. The van der Waals surface area contributed by atoms with Crippen molar-refractivity contribution in [1.82, 2.24) is 20.4 Å². The topological polar surface area (TPSA) is 127 Å². The van der Waals surface area contributed by atoms with Crippen molar-refractivity contribution in [3.05, 3.63) is 35.5 Å². The number of rotatable bonds is 6. The van der Waals surface area contributed by atoms with Crippen molar-refractivity contribution >= 4 is 11.9 Å². The average molecular weight is 400 g/mol. The van der Waals surface area contributed by atoms with Crippen LogP contribution in [0.15, 0.2) is 34.1 Å². The van der Waals surface area contributed by atoms with E-state index in [2.05, 4.69) is 20.4 Å². The van der Waals surface area contributed by atoms with Gasteiger partial charge in [-0.3, -0.25) is 4.79 Å². The van der Waals surface area contributed by atoms with E-state index in [-0.39, 0.29) is 23.9 Å². The molecule has 0 saturated heterocycles. The molecule has 0 aliphatic heterocycles. The summed E-state index contributed by atoms with van der Waals surface area (Å²) in [5, 5.41) is 16.1. The van der Waals surface area contributed by atoms with Crippen molar-refractivity contribution in [2.75, 3.05) is 7.11 Å². The van der Waals surface area contributed by atoms with Gasteiger partial charge in [-0.15, -0.1) is 0 Å². The number of carbonyl (C=O) groups excluding carboxylic acids is 2. The zero-order valence-electron chi connectivity index (χ0n) is 16.7. The van der Waals surface area contributed by atoms with E-state index in [1.165, 1.54) is 19.4 Å². The summed E-state index contributed by atoms with van der Waals surface area (Å²) in [5.74, 6) is -0.0299. The lowest BCUT2D eigenvalue weighted by Gasteiger charge is -2.25. The molecule has 0 aromatic carbocycles. The number of ether oxygens (including phenoxy) is 1. The van der Waals surface area contributed by atoms with Gasteiger partial charge in [0.15, 0.2) is 0 Å². The maximum absolute atomic E-state index is 12.9. The average Bonchev–Trinajstić information content (AvgIpc) is 3.16. The van der Waals surface area contributed by atoms with Crippen molar-refractivity contribution in [3.63, 3.8) is 0 Å². The lowest BCUT2D eigenvalue weighted by atomic mass is 9.87. The molecule has 9 heteroatoms. The first kappa shape index (κ1) is 20.5. The molecule has 2 heterocycles. The van der Waals surface area contributed by atoms with Gasteiger partial charge in [0, 0.05) is 12.1 Å². The third-order valence-corrected chi connectivity index (χ3v) is 4.82. The normalized spacial score (nSPS) is 14.6. The fourth-order valence-electron chi connectivity index (χ4n) is 3.11. The Hall–Kier alpha value is -3.23. The van der Waals surface area contributed by atoms with Gasteiger partial charge in [0.1, 0.15) is 11.4 Å². The summed E-state index contributed by atoms with van der Waals surface area (Å²) in [4.78, 5) is 33.2. The molecule has 1 aliphatic carbocycles. The molecular weight excluding hydrogens is 376 g/mol. The molecular formula is C20H24N4O5. The number of nitrogens with zero attached hydrogens (tertiary/aromatic N) is 3. The van der Waals surface area contributed by atoms with Gasteiger partial charge in [-0.2, -0.15) is 4.98 Å². The zero-order chi connectivity index (χ0) is 21.0. The maximum atomic E-state index is 12.9. The van der Waals surface area contributed by atoms with Crippen LogP contribution in [0, 0.1) is 5.41 Å². The zero-order valence-corrected chi connectivity index (χ0v) is 16.7. The first-order valence-electron chi connectivity index (χ1n) is 9.40. The van der Waals surface area contributed by atoms with Crippen LogP contribution in [-0.2, 0) is 20.7 Å². The van der Waals surface area contributed by atoms with Crippen LogP contribution in [0.2, 0.25) is 0 Å². The highest BCUT2D eigenvalue weighted by Crippen LogP contribution is 2.27. The first-order valence-corrected chi connectivity index (χ1v) is 9.40. The number of aromatic hydroxyl groups is 1. The number of nitrogens with one attached hydrogen (secondary N) is 1. The smallest absolute Gasteiger partial charge is 0.335 e. The summed E-state index contributed by atoms with van der Waals surface area (Å²) in [5.41, 5.74) is 0.759. The molecule has 2 aromatic rings. The fraction of sp³-hybridized carbons (Fsp3) is 0.450. The van der Waals surface area contributed by atoms with Gasteiger partial charge >= 0.3 is 5.97 Å². The molecule has 0 bridgehead atoms. The highest BCUT2D eigenvalue weighted by atomic mass is 16.5. The molecule has 1 amide bonds. The predicted molar refractivity (Wildman–Crippen MR) is 102 cm³/mol. The molecule has 0 fully saturated rings. The lowest BCUT2D eigenvalue weighted by molar-refractivity contribution is -0.136. The van der Waals surface area contributed by atoms with E-state index >= 15 is 0 Å². The van der Waals surface area contributed by atoms with E-state index in [4.69, 9.17) is 9.26 Å². The van der Waals surface area contributed by atoms with Crippen LogP contribution in [0.5, 0.6) is 5.75 Å². The van der Waals surface area contributed by atoms with Gasteiger partial charge < -0.3 is 19.7 Å². The number of esters is 1. The molecule has 154 valence electrons. The van der Waals surface area contributed by atoms with Gasteiger partial charge in [-0.1, -0.05) is 19.0 Å². The second kappa shape index (κ2) is 8.42. The van der Waals surface area contributed by atoms with Crippen LogP contribution in [0.3, 0.4) is 0 Å². The molecule has 29 heavy (non-hydrogen) atoms. The van der Waals surface area contributed by atoms with Crippen molar-refractivity contribution < 1.29 is 24.0 Å². The third kappa shape index (κ3) is 4.79. The minimum absolute atomic E-state index is 0.0404. The Morgan fingerprint density at radius 3 is 2.72 bits per heavy atom. The number of hydrogen-bond donors (Lipinski definition) is 2. The molecule has 3 rings (SSSR count). The van der Waals surface area contributed by atoms with Crippen molar-refractivity contribution in [2.45, 2.75) is 46.0 Å². The maximum Gasteiger partial charge on any atom is 0.335 e. The Labute approximate surface area is 168 Å². The van der Waals surface area contributed by atoms with E-state index < -0.39 is 11.4 Å². The second-order valence-electron chi connectivity index (χ2n) is 7.58. The number of hydrogen-bond acceptors (Lipinski definition) is 8. The molecule has 0 atom stereocenters. The molecule has 0 spiro atoms. The predicted octanol–water partition coefficient (Wildman–Crippen LogP) is 2.52. The quantitative estimate of drug-likeness (QED) is 0.708. The van der Waals surface area contributed by atoms with Crippen molar-refractivity contribution in [1.29, 1.82) is 0 Å². The Morgan fingerprint density at radius 2 is 2.03 bits per heavy atom. The summed E-state index contributed by atoms with van der Waals surface area (Å²) in [6.07, 6.45) is 4.52. The fourth-order valence-corrected chi connectivity index (χ4v) is 3.11. The number of aromatic nitrogens is 3. The molecule has 2 N–H and O–H groups in total. The van der Waals surface area contributed by atoms with Gasteiger partial charge in [0.2, 0.25) is 17.6 Å². The number of methoxy groups -OCH3 is 1.